The van der Waals surface area contributed by atoms with Gasteiger partial charge in [-0.15, -0.1) is 0 Å². The molecule has 0 atom stereocenters. The van der Waals surface area contributed by atoms with Gasteiger partial charge >= 0.3 is 5.97 Å². The molecule has 7 nitrogen and oxygen atoms in total. The first-order chi connectivity index (χ1) is 11.3. The molecule has 0 amide bonds. The standard InChI is InChI=1S/C16H17N5O2/c1-23-14(22)8-5-9-17-15-13-10-20-21(16(13)19-11-18-15)12-6-3-2-4-7-12/h2-4,6-7,10-11H,5,8-9H2,1H3,(H,17,18,19). The smallest absolute Gasteiger partial charge is 0.305 e. The van der Waals surface area contributed by atoms with Crippen LogP contribution in [0.2, 0.25) is 0 Å². The first-order valence-corrected chi connectivity index (χ1v) is 7.34. The Morgan fingerprint density at radius 2 is 2.09 bits per heavy atom. The van der Waals surface area contributed by atoms with Crippen molar-refractivity contribution in [2.45, 2.75) is 12.8 Å². The summed E-state index contributed by atoms with van der Waals surface area (Å²) in [5.74, 6) is 0.499. The quantitative estimate of drug-likeness (QED) is 0.555. The van der Waals surface area contributed by atoms with E-state index in [1.165, 1.54) is 13.4 Å². The molecular formula is C16H17N5O2. The lowest BCUT2D eigenvalue weighted by molar-refractivity contribution is -0.140. The second-order valence-corrected chi connectivity index (χ2v) is 4.96. The minimum atomic E-state index is -0.212. The SMILES string of the molecule is COC(=O)CCCNc1ncnc2c1cnn2-c1ccccc1. The number of ether oxygens (including phenoxy) is 1. The van der Waals surface area contributed by atoms with Crippen molar-refractivity contribution in [2.75, 3.05) is 19.0 Å². The average Bonchev–Trinajstić information content (AvgIpc) is 3.04. The maximum Gasteiger partial charge on any atom is 0.305 e. The van der Waals surface area contributed by atoms with Gasteiger partial charge in [0.25, 0.3) is 0 Å². The molecule has 1 aromatic carbocycles. The largest absolute Gasteiger partial charge is 0.469 e. The molecule has 0 aliphatic heterocycles. The van der Waals surface area contributed by atoms with Gasteiger partial charge in [-0.3, -0.25) is 4.79 Å². The molecule has 0 fully saturated rings. The Bertz CT molecular complexity index is 801. The van der Waals surface area contributed by atoms with Crippen LogP contribution in [0.15, 0.2) is 42.9 Å². The molecule has 0 spiro atoms. The van der Waals surface area contributed by atoms with Crippen LogP contribution in [0.1, 0.15) is 12.8 Å². The van der Waals surface area contributed by atoms with E-state index in [1.54, 1.807) is 10.9 Å². The Hall–Kier alpha value is -2.96. The number of carbonyl (C=O) groups excluding carboxylic acids is 1. The van der Waals surface area contributed by atoms with Crippen LogP contribution in [-0.2, 0) is 9.53 Å². The third-order valence-electron chi connectivity index (χ3n) is 3.44. The van der Waals surface area contributed by atoms with Gasteiger partial charge in [-0.05, 0) is 18.6 Å². The molecule has 2 heterocycles. The fraction of sp³-hybridized carbons (Fsp3) is 0.250. The Kier molecular flexibility index (Phi) is 4.46. The van der Waals surface area contributed by atoms with Crippen molar-refractivity contribution < 1.29 is 9.53 Å². The van der Waals surface area contributed by atoms with Crippen molar-refractivity contribution in [1.29, 1.82) is 0 Å². The maximum absolute atomic E-state index is 11.1. The van der Waals surface area contributed by atoms with Crippen molar-refractivity contribution in [3.8, 4) is 5.69 Å². The maximum atomic E-state index is 11.1. The van der Waals surface area contributed by atoms with Crippen LogP contribution < -0.4 is 5.32 Å². The molecule has 3 aromatic rings. The van der Waals surface area contributed by atoms with Crippen molar-refractivity contribution in [3.05, 3.63) is 42.9 Å². The molecular weight excluding hydrogens is 294 g/mol. The molecule has 3 rings (SSSR count). The first-order valence-electron chi connectivity index (χ1n) is 7.34. The monoisotopic (exact) mass is 311 g/mol. The fourth-order valence-corrected chi connectivity index (χ4v) is 2.28. The van der Waals surface area contributed by atoms with Gasteiger partial charge in [0.1, 0.15) is 12.1 Å². The zero-order chi connectivity index (χ0) is 16.1. The van der Waals surface area contributed by atoms with E-state index in [9.17, 15) is 4.79 Å². The van der Waals surface area contributed by atoms with Gasteiger partial charge < -0.3 is 10.1 Å². The molecule has 7 heteroatoms. The van der Waals surface area contributed by atoms with E-state index < -0.39 is 0 Å². The molecule has 0 saturated heterocycles. The van der Waals surface area contributed by atoms with E-state index in [1.807, 2.05) is 30.3 Å². The summed E-state index contributed by atoms with van der Waals surface area (Å²) in [6, 6.07) is 9.81. The minimum absolute atomic E-state index is 0.212. The summed E-state index contributed by atoms with van der Waals surface area (Å²) < 4.78 is 6.39. The zero-order valence-corrected chi connectivity index (χ0v) is 12.8. The summed E-state index contributed by atoms with van der Waals surface area (Å²) in [5, 5.41) is 8.46. The first kappa shape index (κ1) is 15.0. The summed E-state index contributed by atoms with van der Waals surface area (Å²) in [5.41, 5.74) is 1.68. The van der Waals surface area contributed by atoms with E-state index in [2.05, 4.69) is 25.1 Å². The van der Waals surface area contributed by atoms with Gasteiger partial charge in [0.05, 0.1) is 24.4 Å². The number of rotatable bonds is 6. The van der Waals surface area contributed by atoms with Gasteiger partial charge in [0.15, 0.2) is 5.65 Å². The van der Waals surface area contributed by atoms with Crippen LogP contribution >= 0.6 is 0 Å². The summed E-state index contributed by atoms with van der Waals surface area (Å²) in [7, 11) is 1.39. The van der Waals surface area contributed by atoms with Gasteiger partial charge in [-0.2, -0.15) is 5.10 Å². The van der Waals surface area contributed by atoms with E-state index >= 15 is 0 Å². The van der Waals surface area contributed by atoms with Gasteiger partial charge in [0.2, 0.25) is 0 Å². The van der Waals surface area contributed by atoms with Gasteiger partial charge in [0, 0.05) is 13.0 Å². The Morgan fingerprint density at radius 1 is 1.26 bits per heavy atom. The van der Waals surface area contributed by atoms with Crippen LogP contribution in [0, 0.1) is 0 Å². The predicted octanol–water partition coefficient (Wildman–Crippen LogP) is 2.18. The molecule has 0 unspecified atom stereocenters. The number of fused-ring (bicyclic) bond motifs is 1. The van der Waals surface area contributed by atoms with E-state index in [0.29, 0.717) is 25.2 Å². The average molecular weight is 311 g/mol. The number of aromatic nitrogens is 4. The van der Waals surface area contributed by atoms with Crippen molar-refractivity contribution in [1.82, 2.24) is 19.7 Å². The summed E-state index contributed by atoms with van der Waals surface area (Å²) in [4.78, 5) is 19.7. The number of hydrogen-bond donors (Lipinski definition) is 1. The number of anilines is 1. The molecule has 0 radical (unpaired) electrons. The van der Waals surface area contributed by atoms with Crippen molar-refractivity contribution >= 4 is 22.8 Å². The van der Waals surface area contributed by atoms with E-state index in [4.69, 9.17) is 0 Å². The lowest BCUT2D eigenvalue weighted by Gasteiger charge is -2.06. The minimum Gasteiger partial charge on any atom is -0.469 e. The molecule has 0 aliphatic carbocycles. The van der Waals surface area contributed by atoms with E-state index in [-0.39, 0.29) is 5.97 Å². The number of benzene rings is 1. The van der Waals surface area contributed by atoms with Crippen LogP contribution in [-0.4, -0.2) is 39.4 Å². The number of para-hydroxylation sites is 1. The summed E-state index contributed by atoms with van der Waals surface area (Å²) >= 11 is 0. The molecule has 118 valence electrons. The highest BCUT2D eigenvalue weighted by atomic mass is 16.5. The molecule has 0 aliphatic rings. The highest BCUT2D eigenvalue weighted by Crippen LogP contribution is 2.21. The number of esters is 1. The third-order valence-corrected chi connectivity index (χ3v) is 3.44. The van der Waals surface area contributed by atoms with E-state index in [0.717, 1.165) is 16.7 Å². The lowest BCUT2D eigenvalue weighted by Crippen LogP contribution is -2.08. The second-order valence-electron chi connectivity index (χ2n) is 4.96. The van der Waals surface area contributed by atoms with Gasteiger partial charge in [-0.25, -0.2) is 14.6 Å². The normalized spacial score (nSPS) is 10.7. The number of methoxy groups -OCH3 is 1. The van der Waals surface area contributed by atoms with Crippen LogP contribution in [0.3, 0.4) is 0 Å². The summed E-state index contributed by atoms with van der Waals surface area (Å²) in [6.07, 6.45) is 4.29. The zero-order valence-electron chi connectivity index (χ0n) is 12.8. The molecule has 2 aromatic heterocycles. The Labute approximate surface area is 133 Å². The van der Waals surface area contributed by atoms with Crippen molar-refractivity contribution in [3.63, 3.8) is 0 Å². The van der Waals surface area contributed by atoms with Crippen LogP contribution in [0.4, 0.5) is 5.82 Å². The molecule has 0 bridgehead atoms. The number of nitrogens with zero attached hydrogens (tertiary/aromatic N) is 4. The highest BCUT2D eigenvalue weighted by Gasteiger charge is 2.10. The molecule has 0 saturated carbocycles. The van der Waals surface area contributed by atoms with Crippen LogP contribution in [0.25, 0.3) is 16.7 Å². The predicted molar refractivity (Wildman–Crippen MR) is 86.4 cm³/mol. The number of hydrogen-bond acceptors (Lipinski definition) is 6. The Morgan fingerprint density at radius 3 is 2.87 bits per heavy atom. The second kappa shape index (κ2) is 6.87. The number of carbonyl (C=O) groups is 1. The van der Waals surface area contributed by atoms with Gasteiger partial charge in [-0.1, -0.05) is 18.2 Å². The lowest BCUT2D eigenvalue weighted by atomic mass is 10.3. The third kappa shape index (κ3) is 3.28. The fourth-order valence-electron chi connectivity index (χ4n) is 2.28. The molecule has 1 N–H and O–H groups in total. The van der Waals surface area contributed by atoms with Crippen LogP contribution in [0.5, 0.6) is 0 Å². The summed E-state index contributed by atoms with van der Waals surface area (Å²) in [6.45, 7) is 0.623. The highest BCUT2D eigenvalue weighted by molar-refractivity contribution is 5.87. The topological polar surface area (TPSA) is 81.9 Å². The van der Waals surface area contributed by atoms with Crippen molar-refractivity contribution in [2.24, 2.45) is 0 Å². The molecule has 23 heavy (non-hydrogen) atoms. The number of nitrogens with one attached hydrogen (secondary N) is 1. The Balaban J connectivity index is 1.78.